The lowest BCUT2D eigenvalue weighted by atomic mass is 10.3. The molecule has 0 bridgehead atoms. The van der Waals surface area contributed by atoms with Gasteiger partial charge < -0.3 is 4.90 Å². The molecular formula is C21H23N5O. The van der Waals surface area contributed by atoms with Gasteiger partial charge in [0.25, 0.3) is 5.91 Å². The molecule has 0 radical (unpaired) electrons. The fraction of sp³-hybridized carbons (Fsp3) is 0.286. The van der Waals surface area contributed by atoms with Gasteiger partial charge in [0.15, 0.2) is 0 Å². The van der Waals surface area contributed by atoms with Crippen LogP contribution in [0.3, 0.4) is 0 Å². The molecule has 0 N–H and O–H groups in total. The van der Waals surface area contributed by atoms with E-state index in [1.165, 1.54) is 0 Å². The molecule has 6 nitrogen and oxygen atoms in total. The van der Waals surface area contributed by atoms with Gasteiger partial charge in [-0.3, -0.25) is 14.7 Å². The van der Waals surface area contributed by atoms with E-state index in [-0.39, 0.29) is 5.91 Å². The minimum Gasteiger partial charge on any atom is -0.336 e. The first-order valence-corrected chi connectivity index (χ1v) is 9.32. The molecule has 138 valence electrons. The molecule has 0 aliphatic carbocycles. The molecule has 1 fully saturated rings. The summed E-state index contributed by atoms with van der Waals surface area (Å²) >= 11 is 0. The minimum atomic E-state index is 0.0193. The number of nitrogens with zero attached hydrogens (tertiary/aromatic N) is 5. The second-order valence-electron chi connectivity index (χ2n) is 6.72. The fourth-order valence-corrected chi connectivity index (χ4v) is 3.38. The SMILES string of the molecule is O=C(c1ccccn1)N1CCCN(Cc2ccn(-c3ccccc3)n2)CC1. The van der Waals surface area contributed by atoms with E-state index in [9.17, 15) is 4.79 Å². The van der Waals surface area contributed by atoms with Gasteiger partial charge in [0.2, 0.25) is 0 Å². The van der Waals surface area contributed by atoms with Gasteiger partial charge in [-0.15, -0.1) is 0 Å². The number of pyridine rings is 1. The molecule has 3 heterocycles. The van der Waals surface area contributed by atoms with Crippen LogP contribution in [0.25, 0.3) is 5.69 Å². The number of carbonyl (C=O) groups excluding carboxylic acids is 1. The molecular weight excluding hydrogens is 338 g/mol. The molecule has 0 atom stereocenters. The normalized spacial score (nSPS) is 15.5. The molecule has 1 saturated heterocycles. The van der Waals surface area contributed by atoms with Crippen LogP contribution in [-0.4, -0.2) is 56.7 Å². The van der Waals surface area contributed by atoms with Crippen LogP contribution in [0.4, 0.5) is 0 Å². The summed E-state index contributed by atoms with van der Waals surface area (Å²) in [6.07, 6.45) is 4.62. The van der Waals surface area contributed by atoms with Crippen LogP contribution in [-0.2, 0) is 6.54 Å². The lowest BCUT2D eigenvalue weighted by Gasteiger charge is -2.21. The van der Waals surface area contributed by atoms with Crippen molar-refractivity contribution in [3.05, 3.63) is 78.4 Å². The Morgan fingerprint density at radius 2 is 1.78 bits per heavy atom. The summed E-state index contributed by atoms with van der Waals surface area (Å²) in [5.74, 6) is 0.0193. The van der Waals surface area contributed by atoms with Crippen LogP contribution in [0.5, 0.6) is 0 Å². The monoisotopic (exact) mass is 361 g/mol. The Balaban J connectivity index is 1.36. The Morgan fingerprint density at radius 1 is 0.926 bits per heavy atom. The summed E-state index contributed by atoms with van der Waals surface area (Å²) in [4.78, 5) is 21.1. The van der Waals surface area contributed by atoms with Crippen molar-refractivity contribution in [2.45, 2.75) is 13.0 Å². The van der Waals surface area contributed by atoms with Gasteiger partial charge in [0.1, 0.15) is 5.69 Å². The van der Waals surface area contributed by atoms with Gasteiger partial charge in [-0.05, 0) is 36.8 Å². The zero-order valence-corrected chi connectivity index (χ0v) is 15.2. The van der Waals surface area contributed by atoms with Crippen molar-refractivity contribution >= 4 is 5.91 Å². The molecule has 2 aromatic heterocycles. The number of aromatic nitrogens is 3. The lowest BCUT2D eigenvalue weighted by Crippen LogP contribution is -2.35. The van der Waals surface area contributed by atoms with E-state index >= 15 is 0 Å². The predicted octanol–water partition coefficient (Wildman–Crippen LogP) is 2.62. The average Bonchev–Trinajstić information content (AvgIpc) is 3.07. The summed E-state index contributed by atoms with van der Waals surface area (Å²) in [5.41, 5.74) is 2.63. The molecule has 6 heteroatoms. The largest absolute Gasteiger partial charge is 0.336 e. The summed E-state index contributed by atoms with van der Waals surface area (Å²) in [6.45, 7) is 4.09. The number of hydrogen-bond donors (Lipinski definition) is 0. The third-order valence-corrected chi connectivity index (χ3v) is 4.81. The fourth-order valence-electron chi connectivity index (χ4n) is 3.38. The van der Waals surface area contributed by atoms with Crippen LogP contribution in [0.2, 0.25) is 0 Å². The van der Waals surface area contributed by atoms with E-state index in [2.05, 4.69) is 16.0 Å². The molecule has 0 spiro atoms. The number of rotatable bonds is 4. The quantitative estimate of drug-likeness (QED) is 0.717. The Bertz CT molecular complexity index is 878. The molecule has 1 aliphatic heterocycles. The molecule has 1 aromatic carbocycles. The topological polar surface area (TPSA) is 54.3 Å². The number of benzene rings is 1. The van der Waals surface area contributed by atoms with E-state index in [0.717, 1.165) is 50.5 Å². The van der Waals surface area contributed by atoms with Crippen molar-refractivity contribution < 1.29 is 4.79 Å². The number of hydrogen-bond acceptors (Lipinski definition) is 4. The summed E-state index contributed by atoms with van der Waals surface area (Å²) in [5, 5.41) is 4.69. The third-order valence-electron chi connectivity index (χ3n) is 4.81. The maximum absolute atomic E-state index is 12.6. The molecule has 1 aliphatic rings. The van der Waals surface area contributed by atoms with Gasteiger partial charge in [-0.2, -0.15) is 5.10 Å². The van der Waals surface area contributed by atoms with Crippen LogP contribution in [0.15, 0.2) is 67.0 Å². The van der Waals surface area contributed by atoms with Crippen LogP contribution in [0, 0.1) is 0 Å². The highest BCUT2D eigenvalue weighted by Gasteiger charge is 2.21. The average molecular weight is 361 g/mol. The van der Waals surface area contributed by atoms with Crippen molar-refractivity contribution in [1.29, 1.82) is 0 Å². The van der Waals surface area contributed by atoms with Crippen LogP contribution in [0.1, 0.15) is 22.6 Å². The maximum atomic E-state index is 12.6. The first-order valence-electron chi connectivity index (χ1n) is 9.32. The lowest BCUT2D eigenvalue weighted by molar-refractivity contribution is 0.0755. The van der Waals surface area contributed by atoms with Gasteiger partial charge in [-0.25, -0.2) is 4.68 Å². The highest BCUT2D eigenvalue weighted by atomic mass is 16.2. The zero-order chi connectivity index (χ0) is 18.5. The Labute approximate surface area is 159 Å². The van der Waals surface area contributed by atoms with E-state index in [0.29, 0.717) is 5.69 Å². The van der Waals surface area contributed by atoms with Crippen molar-refractivity contribution in [2.75, 3.05) is 26.2 Å². The van der Waals surface area contributed by atoms with E-state index < -0.39 is 0 Å². The molecule has 4 rings (SSSR count). The summed E-state index contributed by atoms with van der Waals surface area (Å²) in [6, 6.07) is 17.6. The Morgan fingerprint density at radius 3 is 2.59 bits per heavy atom. The van der Waals surface area contributed by atoms with Crippen molar-refractivity contribution in [1.82, 2.24) is 24.6 Å². The second-order valence-corrected chi connectivity index (χ2v) is 6.72. The molecule has 1 amide bonds. The molecule has 3 aromatic rings. The first kappa shape index (κ1) is 17.4. The highest BCUT2D eigenvalue weighted by molar-refractivity contribution is 5.92. The van der Waals surface area contributed by atoms with E-state index in [1.807, 2.05) is 58.2 Å². The number of amides is 1. The predicted molar refractivity (Wildman–Crippen MR) is 104 cm³/mol. The molecule has 27 heavy (non-hydrogen) atoms. The van der Waals surface area contributed by atoms with E-state index in [1.54, 1.807) is 12.3 Å². The first-order chi connectivity index (χ1) is 13.3. The zero-order valence-electron chi connectivity index (χ0n) is 15.2. The Kier molecular flexibility index (Phi) is 5.25. The standard InChI is InChI=1S/C21H23N5O/c27-21(20-9-4-5-11-22-20)25-13-6-12-24(15-16-25)17-18-10-14-26(23-18)19-7-2-1-3-8-19/h1-5,7-11,14H,6,12-13,15-17H2. The van der Waals surface area contributed by atoms with Gasteiger partial charge in [0.05, 0.1) is 11.4 Å². The van der Waals surface area contributed by atoms with Gasteiger partial charge in [0, 0.05) is 45.1 Å². The second kappa shape index (κ2) is 8.14. The van der Waals surface area contributed by atoms with Crippen molar-refractivity contribution in [2.24, 2.45) is 0 Å². The van der Waals surface area contributed by atoms with Crippen LogP contribution >= 0.6 is 0 Å². The summed E-state index contributed by atoms with van der Waals surface area (Å²) < 4.78 is 1.91. The Hall–Kier alpha value is -2.99. The number of para-hydroxylation sites is 1. The highest BCUT2D eigenvalue weighted by Crippen LogP contribution is 2.12. The minimum absolute atomic E-state index is 0.0193. The van der Waals surface area contributed by atoms with Gasteiger partial charge >= 0.3 is 0 Å². The maximum Gasteiger partial charge on any atom is 0.272 e. The van der Waals surface area contributed by atoms with Crippen molar-refractivity contribution in [3.63, 3.8) is 0 Å². The van der Waals surface area contributed by atoms with E-state index in [4.69, 9.17) is 5.10 Å². The smallest absolute Gasteiger partial charge is 0.272 e. The van der Waals surface area contributed by atoms with Gasteiger partial charge in [-0.1, -0.05) is 24.3 Å². The summed E-state index contributed by atoms with van der Waals surface area (Å²) in [7, 11) is 0. The number of carbonyl (C=O) groups is 1. The van der Waals surface area contributed by atoms with Crippen molar-refractivity contribution in [3.8, 4) is 5.69 Å². The third kappa shape index (κ3) is 4.23. The molecule has 0 unspecified atom stereocenters. The van der Waals surface area contributed by atoms with Crippen LogP contribution < -0.4 is 0 Å². The molecule has 0 saturated carbocycles.